The smallest absolute Gasteiger partial charge is 0.291 e. The van der Waals surface area contributed by atoms with Gasteiger partial charge in [-0.25, -0.2) is 9.97 Å². The molecular weight excluding hydrogens is 469 g/mol. The number of rotatable bonds is 4. The first-order valence-electron chi connectivity index (χ1n) is 10.1. The molecule has 168 valence electrons. The van der Waals surface area contributed by atoms with Crippen molar-refractivity contribution < 1.29 is 9.47 Å². The maximum atomic E-state index is 12.7. The molecule has 0 saturated carbocycles. The number of nitriles is 1. The number of hydrogen-bond donors (Lipinski definition) is 1. The first-order valence-corrected chi connectivity index (χ1v) is 10.9. The molecule has 0 spiro atoms. The van der Waals surface area contributed by atoms with Gasteiger partial charge in [0.05, 0.1) is 36.3 Å². The summed E-state index contributed by atoms with van der Waals surface area (Å²) in [6, 6.07) is 7.01. The third-order valence-corrected chi connectivity index (χ3v) is 6.19. The SMILES string of the molecule is N#Cc1cccc(Oc2ncnc3c2CCN(c2cnn(C4NCCO4)c(=O)c2Cl)C3)c1Cl. The van der Waals surface area contributed by atoms with Crippen LogP contribution in [0, 0.1) is 11.3 Å². The highest BCUT2D eigenvalue weighted by atomic mass is 35.5. The van der Waals surface area contributed by atoms with Gasteiger partial charge in [0.1, 0.15) is 28.2 Å². The summed E-state index contributed by atoms with van der Waals surface area (Å²) < 4.78 is 12.6. The highest BCUT2D eigenvalue weighted by molar-refractivity contribution is 6.33. The fraction of sp³-hybridized carbons (Fsp3) is 0.286. The standard InChI is InChI=1S/C21H17Cl2N7O3/c22-17-12(8-24)2-1-3-16(17)33-19-13-4-6-29(10-14(13)26-11-27-19)15-9-28-30(20(31)18(15)23)21-25-5-7-32-21/h1-3,9,11,21,25H,4-7,10H2. The summed E-state index contributed by atoms with van der Waals surface area (Å²) in [6.45, 7) is 2.07. The fourth-order valence-electron chi connectivity index (χ4n) is 3.79. The van der Waals surface area contributed by atoms with E-state index in [9.17, 15) is 10.1 Å². The van der Waals surface area contributed by atoms with E-state index in [0.29, 0.717) is 55.5 Å². The van der Waals surface area contributed by atoms with Gasteiger partial charge in [0.15, 0.2) is 0 Å². The molecule has 33 heavy (non-hydrogen) atoms. The monoisotopic (exact) mass is 485 g/mol. The van der Waals surface area contributed by atoms with Crippen LogP contribution in [0.25, 0.3) is 0 Å². The minimum absolute atomic E-state index is 0.0661. The molecule has 1 saturated heterocycles. The van der Waals surface area contributed by atoms with Crippen LogP contribution in [-0.4, -0.2) is 39.4 Å². The molecule has 0 aliphatic carbocycles. The Kier molecular flexibility index (Phi) is 5.86. The molecule has 2 aliphatic heterocycles. The highest BCUT2D eigenvalue weighted by Crippen LogP contribution is 2.35. The van der Waals surface area contributed by atoms with E-state index in [1.807, 2.05) is 11.0 Å². The van der Waals surface area contributed by atoms with E-state index in [1.54, 1.807) is 24.4 Å². The van der Waals surface area contributed by atoms with Gasteiger partial charge in [-0.05, 0) is 18.6 Å². The van der Waals surface area contributed by atoms with Gasteiger partial charge in [-0.3, -0.25) is 10.1 Å². The van der Waals surface area contributed by atoms with E-state index in [2.05, 4.69) is 20.4 Å². The van der Waals surface area contributed by atoms with Crippen molar-refractivity contribution in [3.63, 3.8) is 0 Å². The van der Waals surface area contributed by atoms with Gasteiger partial charge in [-0.2, -0.15) is 15.0 Å². The summed E-state index contributed by atoms with van der Waals surface area (Å²) in [7, 11) is 0. The van der Waals surface area contributed by atoms with Crippen molar-refractivity contribution in [2.75, 3.05) is 24.6 Å². The first-order chi connectivity index (χ1) is 16.1. The number of nitrogens with one attached hydrogen (secondary N) is 1. The summed E-state index contributed by atoms with van der Waals surface area (Å²) in [5.41, 5.74) is 1.97. The number of ether oxygens (including phenoxy) is 2. The van der Waals surface area contributed by atoms with Gasteiger partial charge < -0.3 is 14.4 Å². The molecule has 1 N–H and O–H groups in total. The van der Waals surface area contributed by atoms with Crippen molar-refractivity contribution in [3.8, 4) is 17.7 Å². The van der Waals surface area contributed by atoms with Crippen LogP contribution in [0.3, 0.4) is 0 Å². The zero-order valence-electron chi connectivity index (χ0n) is 17.2. The van der Waals surface area contributed by atoms with Crippen LogP contribution < -0.4 is 20.5 Å². The summed E-state index contributed by atoms with van der Waals surface area (Å²) in [6.07, 6.45) is 2.89. The lowest BCUT2D eigenvalue weighted by molar-refractivity contribution is 0.0303. The Bertz CT molecular complexity index is 1320. The Morgan fingerprint density at radius 3 is 2.94 bits per heavy atom. The molecule has 5 rings (SSSR count). The normalized spacial score (nSPS) is 17.5. The zero-order valence-corrected chi connectivity index (χ0v) is 18.7. The van der Waals surface area contributed by atoms with E-state index in [0.717, 1.165) is 11.3 Å². The summed E-state index contributed by atoms with van der Waals surface area (Å²) >= 11 is 12.7. The van der Waals surface area contributed by atoms with Crippen LogP contribution in [0.5, 0.6) is 11.6 Å². The lowest BCUT2D eigenvalue weighted by Gasteiger charge is -2.30. The van der Waals surface area contributed by atoms with Crippen molar-refractivity contribution in [2.24, 2.45) is 0 Å². The molecule has 1 fully saturated rings. The Labute approximate surface area is 198 Å². The lowest BCUT2D eigenvalue weighted by atomic mass is 10.1. The van der Waals surface area contributed by atoms with Crippen LogP contribution in [-0.2, 0) is 17.7 Å². The van der Waals surface area contributed by atoms with Crippen LogP contribution in [0.15, 0.2) is 35.5 Å². The highest BCUT2D eigenvalue weighted by Gasteiger charge is 2.27. The van der Waals surface area contributed by atoms with Gasteiger partial charge in [-0.15, -0.1) is 0 Å². The molecule has 4 heterocycles. The molecule has 0 amide bonds. The van der Waals surface area contributed by atoms with E-state index in [-0.39, 0.29) is 10.0 Å². The maximum Gasteiger partial charge on any atom is 0.291 e. The number of aromatic nitrogens is 4. The number of anilines is 1. The minimum atomic E-state index is -0.620. The van der Waals surface area contributed by atoms with E-state index in [1.165, 1.54) is 11.0 Å². The molecule has 0 bridgehead atoms. The molecule has 10 nitrogen and oxygen atoms in total. The number of benzene rings is 1. The quantitative estimate of drug-likeness (QED) is 0.594. The number of halogens is 2. The molecule has 2 aliphatic rings. The van der Waals surface area contributed by atoms with Gasteiger partial charge in [0, 0.05) is 18.7 Å². The molecule has 0 radical (unpaired) electrons. The van der Waals surface area contributed by atoms with Gasteiger partial charge in [0.2, 0.25) is 12.2 Å². The predicted molar refractivity (Wildman–Crippen MR) is 120 cm³/mol. The second kappa shape index (κ2) is 8.96. The lowest BCUT2D eigenvalue weighted by Crippen LogP contribution is -2.37. The number of fused-ring (bicyclic) bond motifs is 1. The molecule has 2 aromatic heterocycles. The maximum absolute atomic E-state index is 12.7. The van der Waals surface area contributed by atoms with Gasteiger partial charge >= 0.3 is 0 Å². The minimum Gasteiger partial charge on any atom is -0.437 e. The van der Waals surface area contributed by atoms with Gasteiger partial charge in [0.25, 0.3) is 5.56 Å². The van der Waals surface area contributed by atoms with Crippen LogP contribution in [0.4, 0.5) is 5.69 Å². The molecule has 1 aromatic carbocycles. The molecule has 3 aromatic rings. The van der Waals surface area contributed by atoms with E-state index >= 15 is 0 Å². The third-order valence-electron chi connectivity index (χ3n) is 5.44. The van der Waals surface area contributed by atoms with Crippen molar-refractivity contribution >= 4 is 28.9 Å². The number of hydrogen-bond acceptors (Lipinski definition) is 9. The number of nitrogens with zero attached hydrogens (tertiary/aromatic N) is 6. The van der Waals surface area contributed by atoms with Crippen LogP contribution >= 0.6 is 23.2 Å². The van der Waals surface area contributed by atoms with Crippen molar-refractivity contribution in [1.29, 1.82) is 5.26 Å². The van der Waals surface area contributed by atoms with E-state index < -0.39 is 11.9 Å². The Morgan fingerprint density at radius 2 is 2.15 bits per heavy atom. The second-order valence-corrected chi connectivity index (χ2v) is 8.13. The average Bonchev–Trinajstić information content (AvgIpc) is 3.37. The Hall–Kier alpha value is -3.23. The summed E-state index contributed by atoms with van der Waals surface area (Å²) in [5, 5.41) is 16.8. The zero-order chi connectivity index (χ0) is 22.9. The largest absolute Gasteiger partial charge is 0.437 e. The average molecular weight is 486 g/mol. The molecule has 1 atom stereocenters. The third kappa shape index (κ3) is 4.00. The predicted octanol–water partition coefficient (Wildman–Crippen LogP) is 2.64. The fourth-order valence-corrected chi connectivity index (χ4v) is 4.25. The van der Waals surface area contributed by atoms with Crippen molar-refractivity contribution in [2.45, 2.75) is 19.3 Å². The van der Waals surface area contributed by atoms with Crippen LogP contribution in [0.2, 0.25) is 10.0 Å². The van der Waals surface area contributed by atoms with Crippen molar-refractivity contribution in [1.82, 2.24) is 25.1 Å². The summed E-state index contributed by atoms with van der Waals surface area (Å²) in [5.74, 6) is 0.721. The Morgan fingerprint density at radius 1 is 1.27 bits per heavy atom. The second-order valence-electron chi connectivity index (χ2n) is 7.38. The Balaban J connectivity index is 1.41. The van der Waals surface area contributed by atoms with E-state index in [4.69, 9.17) is 32.7 Å². The molecule has 12 heteroatoms. The van der Waals surface area contributed by atoms with Gasteiger partial charge in [-0.1, -0.05) is 29.3 Å². The van der Waals surface area contributed by atoms with Crippen LogP contribution in [0.1, 0.15) is 23.2 Å². The summed E-state index contributed by atoms with van der Waals surface area (Å²) in [4.78, 5) is 23.3. The topological polar surface area (TPSA) is 118 Å². The first kappa shape index (κ1) is 21.6. The molecular formula is C21H17Cl2N7O3. The molecule has 1 unspecified atom stereocenters. The van der Waals surface area contributed by atoms with Crippen molar-refractivity contribution in [3.05, 3.63) is 67.9 Å².